The van der Waals surface area contributed by atoms with Gasteiger partial charge in [0.25, 0.3) is 5.91 Å². The van der Waals surface area contributed by atoms with Crippen molar-refractivity contribution in [2.24, 2.45) is 0 Å². The van der Waals surface area contributed by atoms with Crippen LogP contribution in [0.3, 0.4) is 0 Å². The fourth-order valence-electron chi connectivity index (χ4n) is 2.69. The number of anilines is 1. The van der Waals surface area contributed by atoms with E-state index in [9.17, 15) is 9.59 Å². The number of hydrogen-bond donors (Lipinski definition) is 2. The highest BCUT2D eigenvalue weighted by molar-refractivity contribution is 9.10. The summed E-state index contributed by atoms with van der Waals surface area (Å²) in [5.74, 6) is 0.180. The number of aromatic nitrogens is 1. The lowest BCUT2D eigenvalue weighted by Crippen LogP contribution is -2.27. The van der Waals surface area contributed by atoms with Crippen LogP contribution in [-0.2, 0) is 11.4 Å². The maximum absolute atomic E-state index is 12.4. The van der Waals surface area contributed by atoms with E-state index < -0.39 is 0 Å². The first-order chi connectivity index (χ1) is 14.4. The molecule has 3 rings (SSSR count). The van der Waals surface area contributed by atoms with E-state index in [1.165, 1.54) is 0 Å². The van der Waals surface area contributed by atoms with Gasteiger partial charge in [0, 0.05) is 34.1 Å². The van der Waals surface area contributed by atoms with E-state index >= 15 is 0 Å². The molecule has 8 heteroatoms. The molecule has 2 aromatic carbocycles. The van der Waals surface area contributed by atoms with Gasteiger partial charge in [-0.3, -0.25) is 9.59 Å². The Labute approximate surface area is 187 Å². The third-order valence-corrected chi connectivity index (χ3v) is 5.58. The molecule has 0 aliphatic rings. The van der Waals surface area contributed by atoms with Gasteiger partial charge in [0.2, 0.25) is 5.91 Å². The molecule has 2 amide bonds. The molecular formula is C22H22BrN3O3S. The van der Waals surface area contributed by atoms with E-state index in [1.807, 2.05) is 37.4 Å². The number of aryl methyl sites for hydroxylation is 2. The Morgan fingerprint density at radius 3 is 2.77 bits per heavy atom. The number of rotatable bonds is 8. The molecule has 1 aromatic heterocycles. The predicted octanol–water partition coefficient (Wildman–Crippen LogP) is 4.86. The second-order valence-corrected chi connectivity index (χ2v) is 8.67. The Balaban J connectivity index is 1.47. The average Bonchev–Trinajstić information content (AvgIpc) is 3.14. The molecule has 0 saturated heterocycles. The number of amides is 2. The van der Waals surface area contributed by atoms with Gasteiger partial charge in [0.1, 0.15) is 12.4 Å². The van der Waals surface area contributed by atoms with E-state index in [0.717, 1.165) is 26.4 Å². The van der Waals surface area contributed by atoms with Crippen LogP contribution in [0.1, 0.15) is 33.0 Å². The minimum absolute atomic E-state index is 0.160. The van der Waals surface area contributed by atoms with Gasteiger partial charge in [-0.25, -0.2) is 4.98 Å². The number of thiazole rings is 1. The Morgan fingerprint density at radius 2 is 2.00 bits per heavy atom. The van der Waals surface area contributed by atoms with Gasteiger partial charge in [0.05, 0.1) is 10.7 Å². The number of carbonyl (C=O) groups excluding carboxylic acids is 2. The standard InChI is InChI=1S/C22H22BrN3O3S/c1-14-6-7-17(23)11-20(14)26-21(27)8-9-24-22(28)16-4-3-5-19(10-16)29-12-18-13-30-15(2)25-18/h3-7,10-11,13H,8-9,12H2,1-2H3,(H,24,28)(H,26,27). The van der Waals surface area contributed by atoms with Crippen LogP contribution >= 0.6 is 27.3 Å². The number of ether oxygens (including phenoxy) is 1. The number of nitrogens with one attached hydrogen (secondary N) is 2. The predicted molar refractivity (Wildman–Crippen MR) is 122 cm³/mol. The van der Waals surface area contributed by atoms with Gasteiger partial charge in [-0.1, -0.05) is 28.1 Å². The molecule has 0 spiro atoms. The van der Waals surface area contributed by atoms with Crippen molar-refractivity contribution < 1.29 is 14.3 Å². The van der Waals surface area contributed by atoms with Crippen molar-refractivity contribution in [1.82, 2.24) is 10.3 Å². The van der Waals surface area contributed by atoms with Gasteiger partial charge < -0.3 is 15.4 Å². The van der Waals surface area contributed by atoms with Crippen molar-refractivity contribution in [2.75, 3.05) is 11.9 Å². The first kappa shape index (κ1) is 22.0. The maximum atomic E-state index is 12.4. The molecule has 0 aliphatic carbocycles. The molecule has 0 unspecified atom stereocenters. The highest BCUT2D eigenvalue weighted by Gasteiger charge is 2.10. The van der Waals surface area contributed by atoms with E-state index in [2.05, 4.69) is 31.5 Å². The Morgan fingerprint density at radius 1 is 1.17 bits per heavy atom. The molecule has 0 atom stereocenters. The molecule has 3 aromatic rings. The van der Waals surface area contributed by atoms with Crippen LogP contribution in [0, 0.1) is 13.8 Å². The zero-order chi connectivity index (χ0) is 21.5. The van der Waals surface area contributed by atoms with E-state index in [4.69, 9.17) is 4.74 Å². The minimum Gasteiger partial charge on any atom is -0.487 e. The molecule has 0 saturated carbocycles. The molecule has 0 aliphatic heterocycles. The largest absolute Gasteiger partial charge is 0.487 e. The van der Waals surface area contributed by atoms with Crippen LogP contribution in [0.2, 0.25) is 0 Å². The molecule has 0 bridgehead atoms. The lowest BCUT2D eigenvalue weighted by Gasteiger charge is -2.10. The summed E-state index contributed by atoms with van der Waals surface area (Å²) in [5, 5.41) is 8.57. The third-order valence-electron chi connectivity index (χ3n) is 4.26. The summed E-state index contributed by atoms with van der Waals surface area (Å²) in [4.78, 5) is 28.9. The van der Waals surface area contributed by atoms with E-state index in [1.54, 1.807) is 35.6 Å². The quantitative estimate of drug-likeness (QED) is 0.475. The smallest absolute Gasteiger partial charge is 0.251 e. The van der Waals surface area contributed by atoms with Crippen LogP contribution in [0.25, 0.3) is 0 Å². The monoisotopic (exact) mass is 487 g/mol. The molecule has 0 fully saturated rings. The van der Waals surface area contributed by atoms with E-state index in [0.29, 0.717) is 17.9 Å². The number of nitrogens with zero attached hydrogens (tertiary/aromatic N) is 1. The summed E-state index contributed by atoms with van der Waals surface area (Å²) >= 11 is 4.96. The van der Waals surface area contributed by atoms with Crippen molar-refractivity contribution in [2.45, 2.75) is 26.9 Å². The maximum Gasteiger partial charge on any atom is 0.251 e. The molecule has 0 radical (unpaired) electrons. The van der Waals surface area contributed by atoms with Crippen molar-refractivity contribution in [3.8, 4) is 5.75 Å². The lowest BCUT2D eigenvalue weighted by molar-refractivity contribution is -0.116. The summed E-state index contributed by atoms with van der Waals surface area (Å²) in [7, 11) is 0. The number of hydrogen-bond acceptors (Lipinski definition) is 5. The molecule has 30 heavy (non-hydrogen) atoms. The molecule has 2 N–H and O–H groups in total. The van der Waals surface area contributed by atoms with Gasteiger partial charge in [-0.2, -0.15) is 0 Å². The Hall–Kier alpha value is -2.71. The molecule has 156 valence electrons. The number of halogens is 1. The highest BCUT2D eigenvalue weighted by atomic mass is 79.9. The lowest BCUT2D eigenvalue weighted by atomic mass is 10.2. The minimum atomic E-state index is -0.253. The van der Waals surface area contributed by atoms with Crippen LogP contribution in [0.15, 0.2) is 52.3 Å². The second kappa shape index (κ2) is 10.4. The summed E-state index contributed by atoms with van der Waals surface area (Å²) in [6, 6.07) is 12.6. The third kappa shape index (κ3) is 6.40. The topological polar surface area (TPSA) is 80.3 Å². The van der Waals surface area contributed by atoms with Gasteiger partial charge in [-0.15, -0.1) is 11.3 Å². The molecular weight excluding hydrogens is 466 g/mol. The van der Waals surface area contributed by atoms with E-state index in [-0.39, 0.29) is 24.8 Å². The van der Waals surface area contributed by atoms with Crippen molar-refractivity contribution in [1.29, 1.82) is 0 Å². The first-order valence-electron chi connectivity index (χ1n) is 9.39. The highest BCUT2D eigenvalue weighted by Crippen LogP contribution is 2.21. The van der Waals surface area contributed by atoms with Crippen molar-refractivity contribution in [3.63, 3.8) is 0 Å². The average molecular weight is 488 g/mol. The first-order valence-corrected chi connectivity index (χ1v) is 11.1. The second-order valence-electron chi connectivity index (χ2n) is 6.69. The van der Waals surface area contributed by atoms with Crippen LogP contribution in [0.5, 0.6) is 5.75 Å². The normalized spacial score (nSPS) is 10.5. The van der Waals surface area contributed by atoms with Crippen molar-refractivity contribution in [3.05, 3.63) is 74.1 Å². The summed E-state index contributed by atoms with van der Waals surface area (Å²) < 4.78 is 6.61. The zero-order valence-electron chi connectivity index (χ0n) is 16.7. The van der Waals surface area contributed by atoms with Gasteiger partial charge in [-0.05, 0) is 49.7 Å². The van der Waals surface area contributed by atoms with Crippen molar-refractivity contribution >= 4 is 44.8 Å². The summed E-state index contributed by atoms with van der Waals surface area (Å²) in [6.45, 7) is 4.46. The number of benzene rings is 2. The Bertz CT molecular complexity index is 1050. The number of carbonyl (C=O) groups is 2. The van der Waals surface area contributed by atoms with Gasteiger partial charge >= 0.3 is 0 Å². The van der Waals surface area contributed by atoms with Crippen LogP contribution < -0.4 is 15.4 Å². The molecule has 1 heterocycles. The Kier molecular flexibility index (Phi) is 7.59. The van der Waals surface area contributed by atoms with Crippen LogP contribution in [-0.4, -0.2) is 23.3 Å². The van der Waals surface area contributed by atoms with Gasteiger partial charge in [0.15, 0.2) is 0 Å². The summed E-state index contributed by atoms with van der Waals surface area (Å²) in [6.07, 6.45) is 0.178. The fraction of sp³-hybridized carbons (Fsp3) is 0.227. The molecule has 6 nitrogen and oxygen atoms in total. The van der Waals surface area contributed by atoms with Crippen LogP contribution in [0.4, 0.5) is 5.69 Å². The zero-order valence-corrected chi connectivity index (χ0v) is 19.1. The summed E-state index contributed by atoms with van der Waals surface area (Å²) in [5.41, 5.74) is 3.06. The SMILES string of the molecule is Cc1nc(COc2cccc(C(=O)NCCC(=O)Nc3cc(Br)ccc3C)c2)cs1. The fourth-order valence-corrected chi connectivity index (χ4v) is 3.65.